The molecule has 6 nitrogen and oxygen atoms in total. The summed E-state index contributed by atoms with van der Waals surface area (Å²) in [6.45, 7) is 2.80. The largest absolute Gasteiger partial charge is 0.503 e. The van der Waals surface area contributed by atoms with Crippen molar-refractivity contribution in [1.82, 2.24) is 9.47 Å². The third-order valence-electron chi connectivity index (χ3n) is 2.82. The zero-order chi connectivity index (χ0) is 13.7. The van der Waals surface area contributed by atoms with Gasteiger partial charge < -0.3 is 19.9 Å². The Bertz CT molecular complexity index is 456. The average molecular weight is 256 g/mol. The second kappa shape index (κ2) is 6.53. The van der Waals surface area contributed by atoms with Gasteiger partial charge in [0.2, 0.25) is 5.43 Å². The Labute approximate surface area is 106 Å². The molecule has 0 radical (unpaired) electrons. The van der Waals surface area contributed by atoms with Crippen LogP contribution in [0.2, 0.25) is 0 Å². The van der Waals surface area contributed by atoms with E-state index in [1.54, 1.807) is 23.4 Å². The van der Waals surface area contributed by atoms with Crippen LogP contribution in [0.25, 0.3) is 0 Å². The van der Waals surface area contributed by atoms with Gasteiger partial charge in [-0.3, -0.25) is 9.69 Å². The molecule has 0 aliphatic heterocycles. The predicted octanol–water partition coefficient (Wildman–Crippen LogP) is -0.721. The van der Waals surface area contributed by atoms with E-state index < -0.39 is 5.43 Å². The Hall–Kier alpha value is -1.37. The number of nitrogens with zero attached hydrogens (tertiary/aromatic N) is 2. The first-order chi connectivity index (χ1) is 8.51. The van der Waals surface area contributed by atoms with Gasteiger partial charge in [-0.15, -0.1) is 0 Å². The summed E-state index contributed by atoms with van der Waals surface area (Å²) in [5, 5.41) is 27.7. The van der Waals surface area contributed by atoms with Gasteiger partial charge in [0.05, 0.1) is 18.9 Å². The zero-order valence-electron chi connectivity index (χ0n) is 10.8. The van der Waals surface area contributed by atoms with Crippen LogP contribution >= 0.6 is 0 Å². The van der Waals surface area contributed by atoms with E-state index in [0.717, 1.165) is 0 Å². The fraction of sp³-hybridized carbons (Fsp3) is 0.583. The molecule has 1 rings (SSSR count). The van der Waals surface area contributed by atoms with Gasteiger partial charge in [-0.05, 0) is 14.0 Å². The van der Waals surface area contributed by atoms with Crippen molar-refractivity contribution in [2.24, 2.45) is 0 Å². The molecule has 3 N–H and O–H groups in total. The van der Waals surface area contributed by atoms with E-state index in [4.69, 9.17) is 10.2 Å². The molecule has 0 spiro atoms. The lowest BCUT2D eigenvalue weighted by Gasteiger charge is -2.21. The highest BCUT2D eigenvalue weighted by molar-refractivity contribution is 5.29. The molecule has 0 atom stereocenters. The topological polar surface area (TPSA) is 85.9 Å². The first kappa shape index (κ1) is 14.7. The number of likely N-dealkylation sites (N-methyl/N-ethyl adjacent to an activating group) is 1. The van der Waals surface area contributed by atoms with Gasteiger partial charge >= 0.3 is 0 Å². The summed E-state index contributed by atoms with van der Waals surface area (Å²) in [6.07, 6.45) is 0. The van der Waals surface area contributed by atoms with E-state index in [1.165, 1.54) is 6.07 Å². The predicted molar refractivity (Wildman–Crippen MR) is 67.6 cm³/mol. The number of aryl methyl sites for hydroxylation is 1. The van der Waals surface area contributed by atoms with Gasteiger partial charge in [-0.2, -0.15) is 0 Å². The molecule has 0 aliphatic rings. The Morgan fingerprint density at radius 3 is 2.56 bits per heavy atom. The number of aliphatic hydroxyl groups excluding tert-OH is 2. The highest BCUT2D eigenvalue weighted by atomic mass is 16.3. The highest BCUT2D eigenvalue weighted by Crippen LogP contribution is 2.16. The van der Waals surface area contributed by atoms with E-state index in [0.29, 0.717) is 31.0 Å². The standard InChI is InChI=1S/C12H20N2O4/c1-9-7-11(17)12(18)10(14(9)4-6-16)8-13(2)3-5-15/h7,15-16,18H,3-6,8H2,1-2H3. The molecule has 0 saturated carbocycles. The molecule has 0 fully saturated rings. The van der Waals surface area contributed by atoms with Crippen molar-refractivity contribution in [2.75, 3.05) is 26.8 Å². The molecular formula is C12H20N2O4. The second-order valence-electron chi connectivity index (χ2n) is 4.28. The molecule has 18 heavy (non-hydrogen) atoms. The van der Waals surface area contributed by atoms with Crippen molar-refractivity contribution in [3.05, 3.63) is 27.7 Å². The molecule has 0 unspecified atom stereocenters. The van der Waals surface area contributed by atoms with Gasteiger partial charge in [0.15, 0.2) is 5.75 Å². The summed E-state index contributed by atoms with van der Waals surface area (Å²) < 4.78 is 1.71. The SMILES string of the molecule is Cc1cc(=O)c(O)c(CN(C)CCO)n1CCO. The van der Waals surface area contributed by atoms with Crippen molar-refractivity contribution in [3.8, 4) is 5.75 Å². The van der Waals surface area contributed by atoms with Crippen LogP contribution in [0.5, 0.6) is 5.75 Å². The van der Waals surface area contributed by atoms with Gasteiger partial charge in [-0.25, -0.2) is 0 Å². The molecular weight excluding hydrogens is 236 g/mol. The molecule has 0 aromatic carbocycles. The van der Waals surface area contributed by atoms with Crippen molar-refractivity contribution >= 4 is 0 Å². The number of rotatable bonds is 6. The van der Waals surface area contributed by atoms with Crippen LogP contribution in [0, 0.1) is 6.92 Å². The van der Waals surface area contributed by atoms with Crippen molar-refractivity contribution in [2.45, 2.75) is 20.0 Å². The minimum atomic E-state index is -0.422. The Kier molecular flexibility index (Phi) is 5.33. The summed E-state index contributed by atoms with van der Waals surface area (Å²) in [6, 6.07) is 1.35. The van der Waals surface area contributed by atoms with Gasteiger partial charge in [0.25, 0.3) is 0 Å². The minimum absolute atomic E-state index is 0.00725. The molecule has 1 aromatic rings. The van der Waals surface area contributed by atoms with Gasteiger partial charge in [-0.1, -0.05) is 0 Å². The minimum Gasteiger partial charge on any atom is -0.503 e. The lowest BCUT2D eigenvalue weighted by atomic mass is 10.2. The fourth-order valence-electron chi connectivity index (χ4n) is 1.90. The van der Waals surface area contributed by atoms with Crippen LogP contribution in [0.15, 0.2) is 10.9 Å². The Morgan fingerprint density at radius 2 is 2.00 bits per heavy atom. The Balaban J connectivity index is 3.16. The van der Waals surface area contributed by atoms with E-state index in [-0.39, 0.29) is 19.0 Å². The smallest absolute Gasteiger partial charge is 0.223 e. The quantitative estimate of drug-likeness (QED) is 0.625. The fourth-order valence-corrected chi connectivity index (χ4v) is 1.90. The summed E-state index contributed by atoms with van der Waals surface area (Å²) in [5.74, 6) is -0.293. The van der Waals surface area contributed by atoms with Gasteiger partial charge in [0, 0.05) is 31.4 Å². The number of aromatic nitrogens is 1. The van der Waals surface area contributed by atoms with E-state index >= 15 is 0 Å². The first-order valence-corrected chi connectivity index (χ1v) is 5.83. The summed E-state index contributed by atoms with van der Waals surface area (Å²) >= 11 is 0. The first-order valence-electron chi connectivity index (χ1n) is 5.83. The maximum atomic E-state index is 11.6. The lowest BCUT2D eigenvalue weighted by molar-refractivity contribution is 0.209. The normalized spacial score (nSPS) is 11.2. The van der Waals surface area contributed by atoms with E-state index in [1.807, 2.05) is 0 Å². The van der Waals surface area contributed by atoms with Crippen LogP contribution in [0.4, 0.5) is 0 Å². The van der Waals surface area contributed by atoms with Crippen LogP contribution in [-0.2, 0) is 13.1 Å². The van der Waals surface area contributed by atoms with Crippen LogP contribution in [-0.4, -0.2) is 51.6 Å². The molecule has 0 amide bonds. The number of pyridine rings is 1. The summed E-state index contributed by atoms with van der Waals surface area (Å²) in [7, 11) is 1.78. The summed E-state index contributed by atoms with van der Waals surface area (Å²) in [5.41, 5.74) is 0.735. The molecule has 6 heteroatoms. The van der Waals surface area contributed by atoms with Crippen LogP contribution < -0.4 is 5.43 Å². The van der Waals surface area contributed by atoms with Crippen molar-refractivity contribution in [3.63, 3.8) is 0 Å². The summed E-state index contributed by atoms with van der Waals surface area (Å²) in [4.78, 5) is 13.4. The monoisotopic (exact) mass is 256 g/mol. The third kappa shape index (κ3) is 3.32. The van der Waals surface area contributed by atoms with E-state index in [2.05, 4.69) is 0 Å². The van der Waals surface area contributed by atoms with Crippen LogP contribution in [0.1, 0.15) is 11.4 Å². The number of hydrogen-bond donors (Lipinski definition) is 3. The molecule has 0 saturated heterocycles. The highest BCUT2D eigenvalue weighted by Gasteiger charge is 2.14. The lowest BCUT2D eigenvalue weighted by Crippen LogP contribution is -2.27. The maximum absolute atomic E-state index is 11.6. The number of aromatic hydroxyl groups is 1. The average Bonchev–Trinajstić information content (AvgIpc) is 2.31. The van der Waals surface area contributed by atoms with E-state index in [9.17, 15) is 9.90 Å². The molecule has 102 valence electrons. The number of aliphatic hydroxyl groups is 2. The molecule has 1 aromatic heterocycles. The van der Waals surface area contributed by atoms with Gasteiger partial charge in [0.1, 0.15) is 0 Å². The molecule has 1 heterocycles. The zero-order valence-corrected chi connectivity index (χ0v) is 10.8. The number of hydrogen-bond acceptors (Lipinski definition) is 5. The van der Waals surface area contributed by atoms with Crippen molar-refractivity contribution < 1.29 is 15.3 Å². The Morgan fingerprint density at radius 1 is 1.33 bits per heavy atom. The van der Waals surface area contributed by atoms with Crippen molar-refractivity contribution in [1.29, 1.82) is 0 Å². The second-order valence-corrected chi connectivity index (χ2v) is 4.28. The molecule has 0 aliphatic carbocycles. The molecule has 0 bridgehead atoms. The van der Waals surface area contributed by atoms with Crippen LogP contribution in [0.3, 0.4) is 0 Å². The maximum Gasteiger partial charge on any atom is 0.223 e. The third-order valence-corrected chi connectivity index (χ3v) is 2.82.